The topological polar surface area (TPSA) is 25.8 Å². The molecule has 0 amide bonds. The summed E-state index contributed by atoms with van der Waals surface area (Å²) in [7, 11) is 0. The van der Waals surface area contributed by atoms with E-state index in [4.69, 9.17) is 6.42 Å². The molecule has 0 saturated heterocycles. The average Bonchev–Trinajstić information content (AvgIpc) is 2.35. The number of benzene rings is 1. The van der Waals surface area contributed by atoms with Gasteiger partial charge in [0.1, 0.15) is 0 Å². The van der Waals surface area contributed by atoms with Crippen LogP contribution >= 0.6 is 0 Å². The number of aromatic nitrogens is 2. The lowest BCUT2D eigenvalue weighted by Crippen LogP contribution is -2.00. The molecule has 0 bridgehead atoms. The van der Waals surface area contributed by atoms with Gasteiger partial charge in [-0.05, 0) is 18.6 Å². The second-order valence-electron chi connectivity index (χ2n) is 3.79. The predicted molar refractivity (Wildman–Crippen MR) is 66.0 cm³/mol. The van der Waals surface area contributed by atoms with Gasteiger partial charge in [-0.25, -0.2) is 4.98 Å². The van der Waals surface area contributed by atoms with Gasteiger partial charge in [-0.15, -0.1) is 6.42 Å². The monoisotopic (exact) mass is 210 g/mol. The van der Waals surface area contributed by atoms with Crippen molar-refractivity contribution in [3.63, 3.8) is 0 Å². The summed E-state index contributed by atoms with van der Waals surface area (Å²) < 4.78 is 0. The van der Waals surface area contributed by atoms with Crippen LogP contribution in [0.25, 0.3) is 11.0 Å². The summed E-state index contributed by atoms with van der Waals surface area (Å²) in [5, 5.41) is 0. The van der Waals surface area contributed by atoms with Crippen LogP contribution in [0.4, 0.5) is 0 Å². The Kier molecular flexibility index (Phi) is 3.16. The number of hydrogen-bond donors (Lipinski definition) is 0. The highest BCUT2D eigenvalue weighted by atomic mass is 14.8. The molecule has 2 heteroatoms. The number of rotatable bonds is 3. The van der Waals surface area contributed by atoms with Gasteiger partial charge >= 0.3 is 0 Å². The lowest BCUT2D eigenvalue weighted by molar-refractivity contribution is 0.716. The molecular weight excluding hydrogens is 196 g/mol. The molecule has 2 aromatic rings. The van der Waals surface area contributed by atoms with E-state index in [9.17, 15) is 0 Å². The molecule has 2 rings (SSSR count). The van der Waals surface area contributed by atoms with Crippen molar-refractivity contribution in [3.8, 4) is 12.3 Å². The van der Waals surface area contributed by atoms with Crippen LogP contribution in [0.2, 0.25) is 0 Å². The van der Waals surface area contributed by atoms with E-state index < -0.39 is 0 Å². The minimum Gasteiger partial charge on any atom is -0.253 e. The van der Waals surface area contributed by atoms with Gasteiger partial charge in [-0.3, -0.25) is 4.98 Å². The fourth-order valence-electron chi connectivity index (χ4n) is 1.74. The molecule has 1 heterocycles. The fraction of sp³-hybridized carbons (Fsp3) is 0.286. The molecule has 0 fully saturated rings. The summed E-state index contributed by atoms with van der Waals surface area (Å²) in [5.74, 6) is 2.87. The van der Waals surface area contributed by atoms with Gasteiger partial charge in [-0.2, -0.15) is 0 Å². The van der Waals surface area contributed by atoms with Crippen LogP contribution in [-0.2, 0) is 0 Å². The van der Waals surface area contributed by atoms with Crippen molar-refractivity contribution >= 4 is 11.0 Å². The predicted octanol–water partition coefficient (Wildman–Crippen LogP) is 3.15. The van der Waals surface area contributed by atoms with E-state index >= 15 is 0 Å². The molecule has 0 spiro atoms. The Balaban J connectivity index is 2.42. The first-order valence-corrected chi connectivity index (χ1v) is 5.53. The van der Waals surface area contributed by atoms with E-state index in [0.29, 0.717) is 0 Å². The SMILES string of the molecule is C#CC(CCC)c1cnc2ccccc2n1. The zero-order valence-corrected chi connectivity index (χ0v) is 9.35. The summed E-state index contributed by atoms with van der Waals surface area (Å²) in [6.45, 7) is 2.12. The lowest BCUT2D eigenvalue weighted by Gasteiger charge is -2.08. The third-order valence-corrected chi connectivity index (χ3v) is 2.60. The van der Waals surface area contributed by atoms with Crippen LogP contribution in [0.1, 0.15) is 31.4 Å². The number of para-hydroxylation sites is 2. The second-order valence-corrected chi connectivity index (χ2v) is 3.79. The normalized spacial score (nSPS) is 12.2. The van der Waals surface area contributed by atoms with Gasteiger partial charge in [0.25, 0.3) is 0 Å². The van der Waals surface area contributed by atoms with Crippen LogP contribution in [-0.4, -0.2) is 9.97 Å². The van der Waals surface area contributed by atoms with Crippen molar-refractivity contribution in [1.29, 1.82) is 0 Å². The zero-order chi connectivity index (χ0) is 11.4. The standard InChI is InChI=1S/C14H14N2/c1-3-7-11(4-2)14-10-15-12-8-5-6-9-13(12)16-14/h2,5-6,8-11H,3,7H2,1H3. The first-order chi connectivity index (χ1) is 7.85. The fourth-order valence-corrected chi connectivity index (χ4v) is 1.74. The summed E-state index contributed by atoms with van der Waals surface area (Å²) >= 11 is 0. The van der Waals surface area contributed by atoms with Crippen LogP contribution in [0.5, 0.6) is 0 Å². The van der Waals surface area contributed by atoms with E-state index in [0.717, 1.165) is 29.6 Å². The largest absolute Gasteiger partial charge is 0.253 e. The molecule has 0 radical (unpaired) electrons. The van der Waals surface area contributed by atoms with E-state index in [1.807, 2.05) is 24.3 Å². The van der Waals surface area contributed by atoms with Crippen LogP contribution in [0, 0.1) is 12.3 Å². The van der Waals surface area contributed by atoms with Crippen molar-refractivity contribution in [2.24, 2.45) is 0 Å². The first-order valence-electron chi connectivity index (χ1n) is 5.53. The van der Waals surface area contributed by atoms with Gasteiger partial charge in [0.15, 0.2) is 0 Å². The molecule has 1 unspecified atom stereocenters. The highest BCUT2D eigenvalue weighted by molar-refractivity contribution is 5.73. The van der Waals surface area contributed by atoms with Gasteiger partial charge in [0, 0.05) is 0 Å². The Morgan fingerprint density at radius 2 is 2.06 bits per heavy atom. The van der Waals surface area contributed by atoms with Gasteiger partial charge in [-0.1, -0.05) is 31.4 Å². The zero-order valence-electron chi connectivity index (χ0n) is 9.35. The first kappa shape index (κ1) is 10.6. The Hall–Kier alpha value is -1.88. The summed E-state index contributed by atoms with van der Waals surface area (Å²) in [6, 6.07) is 7.84. The van der Waals surface area contributed by atoms with E-state index in [-0.39, 0.29) is 5.92 Å². The molecule has 0 saturated carbocycles. The van der Waals surface area contributed by atoms with Crippen LogP contribution < -0.4 is 0 Å². The molecule has 80 valence electrons. The molecule has 1 aromatic carbocycles. The number of fused-ring (bicyclic) bond motifs is 1. The molecule has 1 atom stereocenters. The van der Waals surface area contributed by atoms with Crippen molar-refractivity contribution in [2.75, 3.05) is 0 Å². The minimum atomic E-state index is 0.0853. The molecule has 0 aliphatic rings. The van der Waals surface area contributed by atoms with Crippen molar-refractivity contribution < 1.29 is 0 Å². The minimum absolute atomic E-state index is 0.0853. The Morgan fingerprint density at radius 1 is 1.31 bits per heavy atom. The summed E-state index contributed by atoms with van der Waals surface area (Å²) in [6.07, 6.45) is 9.33. The molecule has 1 aromatic heterocycles. The average molecular weight is 210 g/mol. The van der Waals surface area contributed by atoms with Crippen molar-refractivity contribution in [2.45, 2.75) is 25.7 Å². The summed E-state index contributed by atoms with van der Waals surface area (Å²) in [4.78, 5) is 8.93. The Bertz CT molecular complexity index is 525. The van der Waals surface area contributed by atoms with E-state index in [1.54, 1.807) is 6.20 Å². The van der Waals surface area contributed by atoms with Crippen molar-refractivity contribution in [1.82, 2.24) is 9.97 Å². The highest BCUT2D eigenvalue weighted by Crippen LogP contribution is 2.19. The third-order valence-electron chi connectivity index (χ3n) is 2.60. The smallest absolute Gasteiger partial charge is 0.0890 e. The quantitative estimate of drug-likeness (QED) is 0.727. The van der Waals surface area contributed by atoms with Gasteiger partial charge < -0.3 is 0 Å². The van der Waals surface area contributed by atoms with Crippen LogP contribution in [0.15, 0.2) is 30.5 Å². The molecule has 0 aliphatic carbocycles. The number of nitrogens with zero attached hydrogens (tertiary/aromatic N) is 2. The Labute approximate surface area is 95.7 Å². The maximum Gasteiger partial charge on any atom is 0.0890 e. The van der Waals surface area contributed by atoms with E-state index in [2.05, 4.69) is 22.8 Å². The molecule has 16 heavy (non-hydrogen) atoms. The maximum atomic E-state index is 5.52. The van der Waals surface area contributed by atoms with Gasteiger partial charge in [0.2, 0.25) is 0 Å². The van der Waals surface area contributed by atoms with Crippen molar-refractivity contribution in [3.05, 3.63) is 36.2 Å². The summed E-state index contributed by atoms with van der Waals surface area (Å²) in [5.41, 5.74) is 2.73. The molecule has 0 aliphatic heterocycles. The lowest BCUT2D eigenvalue weighted by atomic mass is 10.0. The van der Waals surface area contributed by atoms with Crippen LogP contribution in [0.3, 0.4) is 0 Å². The third kappa shape index (κ3) is 2.04. The number of hydrogen-bond acceptors (Lipinski definition) is 2. The van der Waals surface area contributed by atoms with Gasteiger partial charge in [0.05, 0.1) is 28.8 Å². The maximum absolute atomic E-state index is 5.52. The highest BCUT2D eigenvalue weighted by Gasteiger charge is 2.09. The Morgan fingerprint density at radius 3 is 2.75 bits per heavy atom. The van der Waals surface area contributed by atoms with E-state index in [1.165, 1.54) is 0 Å². The molecule has 0 N–H and O–H groups in total. The second kappa shape index (κ2) is 4.76. The number of terminal acetylenes is 1. The molecular formula is C14H14N2. The molecule has 2 nitrogen and oxygen atoms in total.